The van der Waals surface area contributed by atoms with Gasteiger partial charge in [-0.05, 0) is 100 Å². The van der Waals surface area contributed by atoms with Crippen LogP contribution in [0.15, 0.2) is 23.0 Å². The third-order valence-electron chi connectivity index (χ3n) is 11.4. The molecule has 0 saturated heterocycles. The molecule has 0 bridgehead atoms. The van der Waals surface area contributed by atoms with Crippen LogP contribution in [0.25, 0.3) is 5.76 Å². The molecule has 4 fully saturated rings. The molecule has 6 aliphatic rings. The summed E-state index contributed by atoms with van der Waals surface area (Å²) < 4.78 is 45.3. The van der Waals surface area contributed by atoms with Gasteiger partial charge in [-0.15, -0.1) is 0 Å². The third kappa shape index (κ3) is 4.45. The van der Waals surface area contributed by atoms with E-state index in [9.17, 15) is 30.0 Å². The van der Waals surface area contributed by atoms with Crippen molar-refractivity contribution < 1.29 is 43.2 Å². The van der Waals surface area contributed by atoms with Crippen LogP contribution in [0.5, 0.6) is 5.75 Å². The van der Waals surface area contributed by atoms with E-state index in [0.717, 1.165) is 44.6 Å². The summed E-state index contributed by atoms with van der Waals surface area (Å²) in [6.45, 7) is 0.695. The topological polar surface area (TPSA) is 171 Å². The Morgan fingerprint density at radius 3 is 2.30 bits per heavy atom. The van der Waals surface area contributed by atoms with E-state index in [0.29, 0.717) is 18.4 Å². The average molecular weight is 645 g/mol. The number of nitrogens with one attached hydrogen (secondary N) is 1. The number of likely N-dealkylation sites (N-methyl/N-ethyl adjacent to an activating group) is 1. The number of benzene rings is 1. The molecule has 6 aliphatic carbocycles. The Bertz CT molecular complexity index is 1640. The monoisotopic (exact) mass is 644 g/mol. The van der Waals surface area contributed by atoms with Gasteiger partial charge < -0.3 is 31.6 Å². The van der Waals surface area contributed by atoms with Crippen LogP contribution >= 0.6 is 0 Å². The molecule has 4 atom stereocenters. The number of ketones is 1. The molecule has 10 nitrogen and oxygen atoms in total. The van der Waals surface area contributed by atoms with E-state index in [1.165, 1.54) is 19.0 Å². The van der Waals surface area contributed by atoms with Gasteiger partial charge in [0.2, 0.25) is 5.78 Å². The highest BCUT2D eigenvalue weighted by atomic mass is 19.4. The fourth-order valence-corrected chi connectivity index (χ4v) is 8.87. The summed E-state index contributed by atoms with van der Waals surface area (Å²) in [5, 5.41) is 54.2. The lowest BCUT2D eigenvalue weighted by Gasteiger charge is -2.51. The standard InChI is InChI=1S/C33H39F3N4O6/c1-39(2)25-19-10-15-9-18-22(26(42)21(15)29(44)32(19,46)28(37)23(27(25)43)30(38)45)20(41)11-16(24(18)33(34,35)36)13-40(12-14-3-4-14)31(7-8-31)17-5-6-17/h11,14-15,17,19,25,37,41-43,46H,3-10,12-13H2,1-2H3,(H2,38,45)/t15-,19-,25-,32+/m0/s1. The molecule has 0 spiro atoms. The lowest BCUT2D eigenvalue weighted by atomic mass is 9.56. The zero-order chi connectivity index (χ0) is 33.2. The number of aliphatic hydroxyl groups is 3. The lowest BCUT2D eigenvalue weighted by Crippen LogP contribution is -2.67. The van der Waals surface area contributed by atoms with Crippen molar-refractivity contribution in [3.05, 3.63) is 45.2 Å². The van der Waals surface area contributed by atoms with E-state index < -0.39 is 86.6 Å². The first-order valence-corrected chi connectivity index (χ1v) is 15.9. The Morgan fingerprint density at radius 1 is 1.13 bits per heavy atom. The number of aliphatic hydroxyl groups excluding tert-OH is 2. The second-order valence-corrected chi connectivity index (χ2v) is 14.5. The maximum Gasteiger partial charge on any atom is 0.417 e. The van der Waals surface area contributed by atoms with Crippen LogP contribution in [0, 0.1) is 29.1 Å². The zero-order valence-electron chi connectivity index (χ0n) is 25.7. The van der Waals surface area contributed by atoms with Gasteiger partial charge in [-0.2, -0.15) is 13.2 Å². The SMILES string of the molecule is CN(C)[C@@H]1C(O)=C(C(N)=O)C(=N)[C@@]2(O)C(=O)C3=C(O)c4c(O)cc(CN(CC5CC5)C5(C6CC6)CC5)c(C(F)(F)F)c4C[C@H]3C[C@@H]12. The highest BCUT2D eigenvalue weighted by molar-refractivity contribution is 6.33. The number of primary amides is 1. The summed E-state index contributed by atoms with van der Waals surface area (Å²) in [5.41, 5.74) is -1.35. The van der Waals surface area contributed by atoms with Crippen LogP contribution in [0.3, 0.4) is 0 Å². The summed E-state index contributed by atoms with van der Waals surface area (Å²) in [5.74, 6) is -5.91. The number of Topliss-reactive ketones (excluding diaryl/α,β-unsaturated/α-hetero) is 1. The Balaban J connectivity index is 1.35. The number of alkyl halides is 3. The number of hydrogen-bond acceptors (Lipinski definition) is 9. The van der Waals surface area contributed by atoms with Crippen LogP contribution in [0.1, 0.15) is 67.2 Å². The predicted octanol–water partition coefficient (Wildman–Crippen LogP) is 3.59. The molecule has 1 aromatic rings. The van der Waals surface area contributed by atoms with Crippen LogP contribution in [0.4, 0.5) is 13.2 Å². The van der Waals surface area contributed by atoms with Gasteiger partial charge in [-0.3, -0.25) is 19.4 Å². The molecule has 0 aliphatic heterocycles. The number of hydrogen-bond donors (Lipinski definition) is 6. The van der Waals surface area contributed by atoms with Crippen LogP contribution in [0.2, 0.25) is 0 Å². The summed E-state index contributed by atoms with van der Waals surface area (Å²) in [7, 11) is 3.04. The molecule has 46 heavy (non-hydrogen) atoms. The van der Waals surface area contributed by atoms with Crippen molar-refractivity contribution in [2.75, 3.05) is 20.6 Å². The third-order valence-corrected chi connectivity index (χ3v) is 11.4. The number of phenols is 1. The van der Waals surface area contributed by atoms with Gasteiger partial charge in [-0.1, -0.05) is 0 Å². The van der Waals surface area contributed by atoms with Crippen molar-refractivity contribution in [1.82, 2.24) is 9.80 Å². The quantitative estimate of drug-likeness (QED) is 0.249. The highest BCUT2D eigenvalue weighted by Gasteiger charge is 2.64. The van der Waals surface area contributed by atoms with Crippen LogP contribution in [-0.4, -0.2) is 85.4 Å². The zero-order valence-corrected chi connectivity index (χ0v) is 25.7. The molecule has 7 rings (SSSR count). The van der Waals surface area contributed by atoms with E-state index in [4.69, 9.17) is 11.1 Å². The van der Waals surface area contributed by atoms with Crippen LogP contribution in [-0.2, 0) is 28.7 Å². The Hall–Kier alpha value is -3.42. The van der Waals surface area contributed by atoms with Crippen molar-refractivity contribution in [3.8, 4) is 5.75 Å². The number of nitrogens with two attached hydrogens (primary N) is 1. The Labute approximate surface area is 263 Å². The van der Waals surface area contributed by atoms with Gasteiger partial charge in [-0.25, -0.2) is 0 Å². The summed E-state index contributed by atoms with van der Waals surface area (Å²) in [4.78, 5) is 30.0. The molecule has 4 saturated carbocycles. The van der Waals surface area contributed by atoms with E-state index in [1.54, 1.807) is 0 Å². The second-order valence-electron chi connectivity index (χ2n) is 14.5. The molecule has 0 unspecified atom stereocenters. The van der Waals surface area contributed by atoms with Crippen molar-refractivity contribution in [3.63, 3.8) is 0 Å². The van der Waals surface area contributed by atoms with Gasteiger partial charge in [0, 0.05) is 30.1 Å². The van der Waals surface area contributed by atoms with E-state index >= 15 is 13.2 Å². The highest BCUT2D eigenvalue weighted by Crippen LogP contribution is 2.59. The molecule has 1 amide bonds. The maximum absolute atomic E-state index is 15.1. The molecule has 7 N–H and O–H groups in total. The number of phenolic OH excluding ortho intramolecular Hbond substituents is 1. The summed E-state index contributed by atoms with van der Waals surface area (Å²) in [6.07, 6.45) is 0.651. The number of fused-ring (bicyclic) bond motifs is 3. The Kier molecular flexibility index (Phi) is 6.81. The molecule has 13 heteroatoms. The predicted molar refractivity (Wildman–Crippen MR) is 160 cm³/mol. The van der Waals surface area contributed by atoms with E-state index in [1.807, 2.05) is 0 Å². The molecule has 0 heterocycles. The minimum Gasteiger partial charge on any atom is -0.510 e. The van der Waals surface area contributed by atoms with Gasteiger partial charge in [0.25, 0.3) is 5.91 Å². The van der Waals surface area contributed by atoms with Crippen molar-refractivity contribution in [1.29, 1.82) is 5.41 Å². The summed E-state index contributed by atoms with van der Waals surface area (Å²) >= 11 is 0. The van der Waals surface area contributed by atoms with Gasteiger partial charge in [0.15, 0.2) is 5.60 Å². The normalized spacial score (nSPS) is 30.5. The lowest BCUT2D eigenvalue weighted by molar-refractivity contribution is -0.139. The molecular formula is C33H39F3N4O6. The van der Waals surface area contributed by atoms with Gasteiger partial charge in [0.1, 0.15) is 22.8 Å². The number of rotatable bonds is 8. The average Bonchev–Trinajstić information content (AvgIpc) is 3.79. The summed E-state index contributed by atoms with van der Waals surface area (Å²) in [6, 6.07) is -0.131. The fourth-order valence-electron chi connectivity index (χ4n) is 8.87. The number of carbonyl (C=O) groups is 2. The number of halogens is 3. The fraction of sp³-hybridized carbons (Fsp3) is 0.606. The molecular weight excluding hydrogens is 605 g/mol. The van der Waals surface area contributed by atoms with Gasteiger partial charge in [0.05, 0.1) is 22.9 Å². The number of aromatic hydroxyl groups is 1. The second kappa shape index (κ2) is 10.0. The van der Waals surface area contributed by atoms with Crippen molar-refractivity contribution in [2.45, 2.75) is 81.3 Å². The molecule has 1 aromatic carbocycles. The first kappa shape index (κ1) is 31.2. The first-order chi connectivity index (χ1) is 21.5. The largest absolute Gasteiger partial charge is 0.510 e. The first-order valence-electron chi connectivity index (χ1n) is 15.9. The minimum absolute atomic E-state index is 0.000414. The molecule has 0 aromatic heterocycles. The minimum atomic E-state index is -4.84. The molecule has 248 valence electrons. The smallest absolute Gasteiger partial charge is 0.417 e. The van der Waals surface area contributed by atoms with Crippen LogP contribution < -0.4 is 5.73 Å². The van der Waals surface area contributed by atoms with E-state index in [-0.39, 0.29) is 36.1 Å². The molecule has 0 radical (unpaired) electrons. The van der Waals surface area contributed by atoms with Gasteiger partial charge >= 0.3 is 6.18 Å². The number of nitrogens with zero attached hydrogens (tertiary/aromatic N) is 2. The van der Waals surface area contributed by atoms with Crippen molar-refractivity contribution in [2.24, 2.45) is 29.4 Å². The van der Waals surface area contributed by atoms with Crippen molar-refractivity contribution >= 4 is 23.2 Å². The maximum atomic E-state index is 15.1. The number of amides is 1. The Morgan fingerprint density at radius 2 is 1.78 bits per heavy atom. The number of carbonyl (C=O) groups excluding carboxylic acids is 2. The van der Waals surface area contributed by atoms with E-state index in [2.05, 4.69) is 4.90 Å².